The number of ether oxygens (including phenoxy) is 1. The van der Waals surface area contributed by atoms with Crippen molar-refractivity contribution < 1.29 is 13.9 Å². The van der Waals surface area contributed by atoms with Gasteiger partial charge in [0.2, 0.25) is 5.91 Å². The van der Waals surface area contributed by atoms with Gasteiger partial charge < -0.3 is 4.74 Å². The molecule has 5 nitrogen and oxygen atoms in total. The van der Waals surface area contributed by atoms with Crippen LogP contribution in [-0.4, -0.2) is 60.9 Å². The fourth-order valence-corrected chi connectivity index (χ4v) is 5.69. The van der Waals surface area contributed by atoms with Crippen molar-refractivity contribution in [2.45, 2.75) is 17.7 Å². The Morgan fingerprint density at radius 2 is 1.97 bits per heavy atom. The van der Waals surface area contributed by atoms with E-state index in [2.05, 4.69) is 9.88 Å². The van der Waals surface area contributed by atoms with E-state index in [-0.39, 0.29) is 24.1 Å². The Hall–Kier alpha value is -1.42. The molecule has 1 aliphatic heterocycles. The lowest BCUT2D eigenvalue weighted by Gasteiger charge is -2.27. The highest BCUT2D eigenvalue weighted by atomic mass is 35.5. The van der Waals surface area contributed by atoms with Gasteiger partial charge >= 0.3 is 0 Å². The molecule has 1 saturated heterocycles. The average Bonchev–Trinajstić information content (AvgIpc) is 3.24. The quantitative estimate of drug-likeness (QED) is 0.330. The van der Waals surface area contributed by atoms with Gasteiger partial charge in [0.15, 0.2) is 5.13 Å². The Bertz CT molecular complexity index is 1050. The lowest BCUT2D eigenvalue weighted by Crippen LogP contribution is -2.39. The topological polar surface area (TPSA) is 45.7 Å². The van der Waals surface area contributed by atoms with Crippen LogP contribution in [0.2, 0.25) is 5.02 Å². The first-order chi connectivity index (χ1) is 15.6. The van der Waals surface area contributed by atoms with Crippen LogP contribution in [0.25, 0.3) is 10.2 Å². The summed E-state index contributed by atoms with van der Waals surface area (Å²) in [6, 6.07) is 12.0. The number of para-hydroxylation sites is 1. The van der Waals surface area contributed by atoms with Crippen molar-refractivity contribution in [3.63, 3.8) is 0 Å². The molecule has 1 fully saturated rings. The SMILES string of the molecule is Cl.O=C(CCSc1ccc(F)cc1)N(CCCN1CCOCC1)c1nc2c(Cl)cccc2s1. The molecule has 2 aromatic carbocycles. The summed E-state index contributed by atoms with van der Waals surface area (Å²) in [6.45, 7) is 4.91. The maximum Gasteiger partial charge on any atom is 0.229 e. The fraction of sp³-hybridized carbons (Fsp3) is 0.391. The molecule has 33 heavy (non-hydrogen) atoms. The van der Waals surface area contributed by atoms with Crippen molar-refractivity contribution >= 4 is 68.4 Å². The molecule has 0 atom stereocenters. The summed E-state index contributed by atoms with van der Waals surface area (Å²) in [5.41, 5.74) is 0.737. The molecule has 0 unspecified atom stereocenters. The van der Waals surface area contributed by atoms with Gasteiger partial charge in [-0.25, -0.2) is 9.37 Å². The third-order valence-electron chi connectivity index (χ3n) is 5.25. The number of morpholine rings is 1. The number of benzene rings is 2. The number of carbonyl (C=O) groups is 1. The van der Waals surface area contributed by atoms with E-state index in [1.807, 2.05) is 18.2 Å². The highest BCUT2D eigenvalue weighted by Crippen LogP contribution is 2.33. The van der Waals surface area contributed by atoms with Crippen molar-refractivity contribution in [1.82, 2.24) is 9.88 Å². The summed E-state index contributed by atoms with van der Waals surface area (Å²) in [6.07, 6.45) is 1.24. The molecule has 0 saturated carbocycles. The first kappa shape index (κ1) is 26.2. The molecule has 0 spiro atoms. The molecule has 1 aromatic heterocycles. The van der Waals surface area contributed by atoms with Crippen LogP contribution >= 0.6 is 47.1 Å². The number of halogens is 3. The van der Waals surface area contributed by atoms with Gasteiger partial charge in [-0.05, 0) is 42.8 Å². The van der Waals surface area contributed by atoms with Gasteiger partial charge in [-0.1, -0.05) is 29.0 Å². The van der Waals surface area contributed by atoms with Gasteiger partial charge in [0.05, 0.1) is 22.9 Å². The zero-order valence-corrected chi connectivity index (χ0v) is 21.2. The predicted molar refractivity (Wildman–Crippen MR) is 138 cm³/mol. The molecule has 3 aromatic rings. The van der Waals surface area contributed by atoms with Gasteiger partial charge in [-0.3, -0.25) is 14.6 Å². The highest BCUT2D eigenvalue weighted by Gasteiger charge is 2.21. The normalized spacial score (nSPS) is 14.2. The number of rotatable bonds is 9. The summed E-state index contributed by atoms with van der Waals surface area (Å²) in [7, 11) is 0. The van der Waals surface area contributed by atoms with Crippen LogP contribution in [0.3, 0.4) is 0 Å². The molecule has 0 N–H and O–H groups in total. The van der Waals surface area contributed by atoms with Crippen molar-refractivity contribution in [3.8, 4) is 0 Å². The molecule has 0 bridgehead atoms. The molecule has 0 aliphatic carbocycles. The zero-order chi connectivity index (χ0) is 22.3. The molecule has 1 amide bonds. The van der Waals surface area contributed by atoms with E-state index in [0.717, 1.165) is 54.4 Å². The van der Waals surface area contributed by atoms with Crippen LogP contribution in [0, 0.1) is 5.82 Å². The first-order valence-electron chi connectivity index (χ1n) is 10.6. The van der Waals surface area contributed by atoms with Crippen LogP contribution in [0.5, 0.6) is 0 Å². The summed E-state index contributed by atoms with van der Waals surface area (Å²) in [5.74, 6) is 0.402. The standard InChI is InChI=1S/C23H25ClFN3O2S2.ClH/c24-19-3-1-4-20-22(19)26-23(32-20)28(11-2-10-27-12-14-30-15-13-27)21(29)9-16-31-18-7-5-17(25)6-8-18;/h1,3-8H,2,9-16H2;1H. The van der Waals surface area contributed by atoms with Crippen molar-refractivity contribution in [2.24, 2.45) is 0 Å². The number of nitrogens with zero attached hydrogens (tertiary/aromatic N) is 3. The van der Waals surface area contributed by atoms with E-state index < -0.39 is 0 Å². The molecular weight excluding hydrogens is 504 g/mol. The highest BCUT2D eigenvalue weighted by molar-refractivity contribution is 7.99. The first-order valence-corrected chi connectivity index (χ1v) is 12.8. The third-order valence-corrected chi connectivity index (χ3v) is 7.61. The molecule has 0 radical (unpaired) electrons. The van der Waals surface area contributed by atoms with Crippen LogP contribution in [0.15, 0.2) is 47.4 Å². The molecule has 1 aliphatic rings. The number of thioether (sulfide) groups is 1. The second-order valence-corrected chi connectivity index (χ2v) is 10.1. The Morgan fingerprint density at radius 1 is 1.21 bits per heavy atom. The summed E-state index contributed by atoms with van der Waals surface area (Å²) in [5, 5.41) is 1.28. The second kappa shape index (κ2) is 12.9. The Morgan fingerprint density at radius 3 is 2.70 bits per heavy atom. The van der Waals surface area contributed by atoms with Crippen LogP contribution < -0.4 is 4.90 Å². The van der Waals surface area contributed by atoms with Gasteiger partial charge in [0.25, 0.3) is 0 Å². The molecule has 2 heterocycles. The monoisotopic (exact) mass is 529 g/mol. The van der Waals surface area contributed by atoms with Gasteiger partial charge in [-0.15, -0.1) is 24.2 Å². The number of aromatic nitrogens is 1. The number of anilines is 1. The number of hydrogen-bond donors (Lipinski definition) is 0. The summed E-state index contributed by atoms with van der Waals surface area (Å²) < 4.78 is 19.5. The predicted octanol–water partition coefficient (Wildman–Crippen LogP) is 5.75. The molecule has 178 valence electrons. The van der Waals surface area contributed by atoms with E-state index in [4.69, 9.17) is 16.3 Å². The molecule has 4 rings (SSSR count). The van der Waals surface area contributed by atoms with Crippen molar-refractivity contribution in [2.75, 3.05) is 50.0 Å². The van der Waals surface area contributed by atoms with Gasteiger partial charge in [0, 0.05) is 43.2 Å². The minimum absolute atomic E-state index is 0. The van der Waals surface area contributed by atoms with Gasteiger partial charge in [0.1, 0.15) is 11.3 Å². The van der Waals surface area contributed by atoms with Crippen LogP contribution in [0.4, 0.5) is 9.52 Å². The van der Waals surface area contributed by atoms with Crippen LogP contribution in [-0.2, 0) is 9.53 Å². The van der Waals surface area contributed by atoms with E-state index in [9.17, 15) is 9.18 Å². The van der Waals surface area contributed by atoms with Crippen LogP contribution in [0.1, 0.15) is 12.8 Å². The minimum Gasteiger partial charge on any atom is -0.379 e. The maximum atomic E-state index is 13.2. The third kappa shape index (κ3) is 7.28. The average molecular weight is 531 g/mol. The minimum atomic E-state index is -0.258. The maximum absolute atomic E-state index is 13.2. The van der Waals surface area contributed by atoms with E-state index in [1.165, 1.54) is 23.5 Å². The number of hydrogen-bond acceptors (Lipinski definition) is 6. The number of carbonyl (C=O) groups excluding carboxylic acids is 1. The lowest BCUT2D eigenvalue weighted by molar-refractivity contribution is -0.118. The summed E-state index contributed by atoms with van der Waals surface area (Å²) >= 11 is 9.36. The van der Waals surface area contributed by atoms with E-state index >= 15 is 0 Å². The summed E-state index contributed by atoms with van der Waals surface area (Å²) in [4.78, 5) is 23.0. The number of amides is 1. The molecule has 10 heteroatoms. The second-order valence-electron chi connectivity index (χ2n) is 7.49. The van der Waals surface area contributed by atoms with E-state index in [1.54, 1.807) is 28.8 Å². The Kier molecular flexibility index (Phi) is 10.2. The van der Waals surface area contributed by atoms with Gasteiger partial charge in [-0.2, -0.15) is 0 Å². The largest absolute Gasteiger partial charge is 0.379 e. The smallest absolute Gasteiger partial charge is 0.229 e. The van der Waals surface area contributed by atoms with Crippen molar-refractivity contribution in [3.05, 3.63) is 53.3 Å². The lowest BCUT2D eigenvalue weighted by atomic mass is 10.3. The van der Waals surface area contributed by atoms with E-state index in [0.29, 0.717) is 28.9 Å². The Labute approximate surface area is 212 Å². The number of fused-ring (bicyclic) bond motifs is 1. The Balaban J connectivity index is 0.00000306. The fourth-order valence-electron chi connectivity index (χ4n) is 3.54. The number of thiazole rings is 1. The molecular formula is C23H26Cl2FN3O2S2. The van der Waals surface area contributed by atoms with Crippen molar-refractivity contribution in [1.29, 1.82) is 0 Å². The zero-order valence-electron chi connectivity index (χ0n) is 18.0.